The zero-order valence-electron chi connectivity index (χ0n) is 20.7. The van der Waals surface area contributed by atoms with E-state index in [1.165, 1.54) is 34.3 Å². The Balaban J connectivity index is 1.58. The molecule has 2 aliphatic heterocycles. The smallest absolute Gasteiger partial charge is 0.355 e. The number of nitrogens with zero attached hydrogens (tertiary/aromatic N) is 2. The summed E-state index contributed by atoms with van der Waals surface area (Å²) in [5.74, 6) is -3.88. The number of nitrogens with one attached hydrogen (secondary N) is 1. The first-order valence-corrected chi connectivity index (χ1v) is 12.6. The first-order valence-electron chi connectivity index (χ1n) is 11.5. The van der Waals surface area contributed by atoms with Crippen LogP contribution in [0.15, 0.2) is 47.8 Å². The molecule has 2 N–H and O–H groups in total. The second-order valence-corrected chi connectivity index (χ2v) is 10.8. The van der Waals surface area contributed by atoms with Crippen molar-refractivity contribution in [3.63, 3.8) is 0 Å². The maximum atomic E-state index is 13.2. The Labute approximate surface area is 216 Å². The molecule has 3 unspecified atom stereocenters. The van der Waals surface area contributed by atoms with Crippen molar-refractivity contribution in [1.82, 2.24) is 14.8 Å². The van der Waals surface area contributed by atoms with Gasteiger partial charge in [0.25, 0.3) is 11.8 Å². The van der Waals surface area contributed by atoms with E-state index >= 15 is 0 Å². The highest BCUT2D eigenvalue weighted by atomic mass is 32.2. The van der Waals surface area contributed by atoms with Gasteiger partial charge in [0, 0.05) is 30.0 Å². The number of amides is 2. The lowest BCUT2D eigenvalue weighted by Gasteiger charge is -2.50. The number of carboxylic acids is 1. The molecule has 0 spiro atoms. The summed E-state index contributed by atoms with van der Waals surface area (Å²) >= 11 is 1.27. The molecule has 0 saturated carbocycles. The third-order valence-electron chi connectivity index (χ3n) is 5.78. The van der Waals surface area contributed by atoms with Crippen LogP contribution in [0.4, 0.5) is 0 Å². The number of thioether (sulfide) groups is 1. The molecule has 2 amide bonds. The summed E-state index contributed by atoms with van der Waals surface area (Å²) < 4.78 is 11.9. The standard InChI is InChI=1S/C25H27N3O8S/c1-13(29)35-11-15-12-37-22-17(21(31)28(22)18(15)24(34)36-25(2,3)4)26-20(30)19(23(32)33)27-10-9-14-7-5-6-8-16(14)27/h5-10,17,19,22H,11-12H2,1-4H3,(H,26,30)(H,32,33). The van der Waals surface area contributed by atoms with E-state index in [-0.39, 0.29) is 18.1 Å². The molecule has 2 aliphatic rings. The summed E-state index contributed by atoms with van der Waals surface area (Å²) in [7, 11) is 0. The number of ether oxygens (including phenoxy) is 2. The van der Waals surface area contributed by atoms with Crippen LogP contribution in [0.25, 0.3) is 10.9 Å². The average molecular weight is 530 g/mol. The molecular formula is C25H27N3O8S. The van der Waals surface area contributed by atoms with Gasteiger partial charge in [0.1, 0.15) is 29.3 Å². The van der Waals surface area contributed by atoms with Gasteiger partial charge in [-0.15, -0.1) is 11.8 Å². The molecule has 196 valence electrons. The number of fused-ring (bicyclic) bond motifs is 2. The molecule has 2 aromatic rings. The fourth-order valence-corrected chi connectivity index (χ4v) is 5.54. The number of benzene rings is 1. The van der Waals surface area contributed by atoms with Crippen LogP contribution in [0.1, 0.15) is 33.7 Å². The van der Waals surface area contributed by atoms with Crippen LogP contribution in [0, 0.1) is 0 Å². The van der Waals surface area contributed by atoms with Crippen molar-refractivity contribution in [2.45, 2.75) is 50.8 Å². The Morgan fingerprint density at radius 1 is 1.19 bits per heavy atom. The predicted molar refractivity (Wildman–Crippen MR) is 133 cm³/mol. The van der Waals surface area contributed by atoms with Crippen molar-refractivity contribution in [1.29, 1.82) is 0 Å². The maximum Gasteiger partial charge on any atom is 0.355 e. The second kappa shape index (κ2) is 9.92. The van der Waals surface area contributed by atoms with E-state index < -0.39 is 52.8 Å². The van der Waals surface area contributed by atoms with Gasteiger partial charge < -0.3 is 24.5 Å². The van der Waals surface area contributed by atoms with Crippen molar-refractivity contribution < 1.29 is 38.6 Å². The number of aliphatic carboxylic acids is 1. The van der Waals surface area contributed by atoms with Crippen LogP contribution in [-0.2, 0) is 33.4 Å². The van der Waals surface area contributed by atoms with Crippen LogP contribution in [0.3, 0.4) is 0 Å². The maximum absolute atomic E-state index is 13.2. The molecule has 0 bridgehead atoms. The molecule has 0 aliphatic carbocycles. The highest BCUT2D eigenvalue weighted by molar-refractivity contribution is 8.00. The lowest BCUT2D eigenvalue weighted by atomic mass is 10.0. The highest BCUT2D eigenvalue weighted by Crippen LogP contribution is 2.41. The minimum Gasteiger partial charge on any atom is -0.479 e. The predicted octanol–water partition coefficient (Wildman–Crippen LogP) is 1.83. The summed E-state index contributed by atoms with van der Waals surface area (Å²) in [6, 6.07) is 6.09. The average Bonchev–Trinajstić information content (AvgIpc) is 3.22. The first kappa shape index (κ1) is 26.3. The molecule has 1 fully saturated rings. The number of rotatable bonds is 7. The number of aromatic nitrogens is 1. The lowest BCUT2D eigenvalue weighted by Crippen LogP contribution is -2.71. The highest BCUT2D eigenvalue weighted by Gasteiger charge is 2.55. The second-order valence-electron chi connectivity index (χ2n) is 9.65. The molecule has 1 saturated heterocycles. The van der Waals surface area contributed by atoms with Gasteiger partial charge in [-0.1, -0.05) is 18.2 Å². The van der Waals surface area contributed by atoms with Crippen LogP contribution < -0.4 is 5.32 Å². The SMILES string of the molecule is CC(=O)OCC1=C(C(=O)OC(C)(C)C)N2C(=O)C(NC(=O)C(C(=O)O)n3ccc4ccccc43)C2SC1. The number of β-lactam (4-membered cyclic amide) rings is 1. The molecule has 12 heteroatoms. The van der Waals surface area contributed by atoms with Gasteiger partial charge in [-0.2, -0.15) is 0 Å². The van der Waals surface area contributed by atoms with Gasteiger partial charge in [-0.05, 0) is 38.3 Å². The summed E-state index contributed by atoms with van der Waals surface area (Å²) in [6.45, 7) is 6.10. The number of carbonyl (C=O) groups is 5. The van der Waals surface area contributed by atoms with Crippen LogP contribution >= 0.6 is 11.8 Å². The van der Waals surface area contributed by atoms with Gasteiger partial charge in [0.05, 0.1) is 0 Å². The quantitative estimate of drug-likeness (QED) is 0.312. The van der Waals surface area contributed by atoms with Gasteiger partial charge >= 0.3 is 17.9 Å². The fraction of sp³-hybridized carbons (Fsp3) is 0.400. The molecule has 37 heavy (non-hydrogen) atoms. The van der Waals surface area contributed by atoms with Crippen molar-refractivity contribution in [2.24, 2.45) is 0 Å². The van der Waals surface area contributed by atoms with E-state index in [9.17, 15) is 29.1 Å². The minimum absolute atomic E-state index is 0.0263. The van der Waals surface area contributed by atoms with Crippen molar-refractivity contribution in [3.05, 3.63) is 47.8 Å². The number of para-hydroxylation sites is 1. The van der Waals surface area contributed by atoms with E-state index in [0.717, 1.165) is 5.39 Å². The number of carboxylic acid groups (broad SMARTS) is 1. The zero-order chi connectivity index (χ0) is 27.1. The molecule has 0 radical (unpaired) electrons. The zero-order valence-corrected chi connectivity index (χ0v) is 21.5. The molecule has 4 rings (SSSR count). The van der Waals surface area contributed by atoms with E-state index in [2.05, 4.69) is 5.32 Å². The topological polar surface area (TPSA) is 144 Å². The monoisotopic (exact) mass is 529 g/mol. The molecule has 3 heterocycles. The summed E-state index contributed by atoms with van der Waals surface area (Å²) in [5.41, 5.74) is 0.100. The molecule has 1 aromatic carbocycles. The van der Waals surface area contributed by atoms with E-state index in [1.54, 1.807) is 51.1 Å². The van der Waals surface area contributed by atoms with E-state index in [1.807, 2.05) is 0 Å². The van der Waals surface area contributed by atoms with E-state index in [0.29, 0.717) is 11.1 Å². The first-order chi connectivity index (χ1) is 17.4. The van der Waals surface area contributed by atoms with Crippen LogP contribution in [0.5, 0.6) is 0 Å². The van der Waals surface area contributed by atoms with Crippen molar-refractivity contribution in [3.8, 4) is 0 Å². The van der Waals surface area contributed by atoms with E-state index in [4.69, 9.17) is 9.47 Å². The largest absolute Gasteiger partial charge is 0.479 e. The summed E-state index contributed by atoms with van der Waals surface area (Å²) in [6.07, 6.45) is 1.51. The van der Waals surface area contributed by atoms with Crippen LogP contribution in [0.2, 0.25) is 0 Å². The number of esters is 2. The Morgan fingerprint density at radius 3 is 2.54 bits per heavy atom. The van der Waals surface area contributed by atoms with Gasteiger partial charge in [-0.3, -0.25) is 19.3 Å². The Morgan fingerprint density at radius 2 is 1.89 bits per heavy atom. The normalized spacial score (nSPS) is 20.1. The third-order valence-corrected chi connectivity index (χ3v) is 7.12. The Hall–Kier alpha value is -3.80. The lowest BCUT2D eigenvalue weighted by molar-refractivity contribution is -0.159. The molecular weight excluding hydrogens is 502 g/mol. The molecule has 11 nitrogen and oxygen atoms in total. The number of hydrogen-bond donors (Lipinski definition) is 2. The molecule has 3 atom stereocenters. The fourth-order valence-electron chi connectivity index (χ4n) is 4.22. The van der Waals surface area contributed by atoms with Gasteiger partial charge in [0.15, 0.2) is 0 Å². The number of hydrogen-bond acceptors (Lipinski definition) is 8. The summed E-state index contributed by atoms with van der Waals surface area (Å²) in [5, 5.41) is 12.5. The van der Waals surface area contributed by atoms with Gasteiger partial charge in [0.2, 0.25) is 6.04 Å². The van der Waals surface area contributed by atoms with Crippen LogP contribution in [-0.4, -0.2) is 73.7 Å². The Bertz CT molecular complexity index is 1320. The Kier molecular flexibility index (Phi) is 7.05. The number of carbonyl (C=O) groups excluding carboxylic acids is 4. The minimum atomic E-state index is -1.60. The third kappa shape index (κ3) is 5.19. The molecule has 1 aromatic heterocycles. The van der Waals surface area contributed by atoms with Crippen molar-refractivity contribution in [2.75, 3.05) is 12.4 Å². The van der Waals surface area contributed by atoms with Crippen molar-refractivity contribution >= 4 is 52.4 Å². The van der Waals surface area contributed by atoms with Gasteiger partial charge in [-0.25, -0.2) is 9.59 Å². The summed E-state index contributed by atoms with van der Waals surface area (Å²) in [4.78, 5) is 64.0.